The molecule has 0 radical (unpaired) electrons. The highest BCUT2D eigenvalue weighted by Gasteiger charge is 2.16. The van der Waals surface area contributed by atoms with Crippen molar-refractivity contribution in [1.29, 1.82) is 0 Å². The lowest BCUT2D eigenvalue weighted by molar-refractivity contribution is 0.0996. The Hall–Kier alpha value is -3.06. The normalized spacial score (nSPS) is 14.0. The van der Waals surface area contributed by atoms with E-state index >= 15 is 0 Å². The van der Waals surface area contributed by atoms with Crippen molar-refractivity contribution in [2.75, 3.05) is 11.9 Å². The number of fused-ring (bicyclic) bond motifs is 4. The van der Waals surface area contributed by atoms with Gasteiger partial charge in [0, 0.05) is 24.0 Å². The molecule has 1 N–H and O–H groups in total. The fourth-order valence-electron chi connectivity index (χ4n) is 3.10. The smallest absolute Gasteiger partial charge is 0.280 e. The third-order valence-corrected chi connectivity index (χ3v) is 5.09. The summed E-state index contributed by atoms with van der Waals surface area (Å²) in [5.41, 5.74) is 4.48. The number of hydrogen-bond acceptors (Lipinski definition) is 5. The van der Waals surface area contributed by atoms with E-state index in [9.17, 15) is 4.79 Å². The molecule has 122 valence electrons. The van der Waals surface area contributed by atoms with Crippen molar-refractivity contribution in [2.24, 2.45) is 4.99 Å². The van der Waals surface area contributed by atoms with Crippen LogP contribution in [0.5, 0.6) is 0 Å². The first kappa shape index (κ1) is 14.3. The van der Waals surface area contributed by atoms with Gasteiger partial charge in [-0.25, -0.2) is 9.97 Å². The summed E-state index contributed by atoms with van der Waals surface area (Å²) in [7, 11) is 0. The number of nitrogens with zero attached hydrogens (tertiary/aromatic N) is 4. The van der Waals surface area contributed by atoms with Crippen LogP contribution in [0.1, 0.15) is 10.4 Å². The molecule has 2 aromatic heterocycles. The Bertz CT molecular complexity index is 1210. The molecule has 2 aromatic carbocycles. The summed E-state index contributed by atoms with van der Waals surface area (Å²) < 4.78 is 2.94. The predicted octanol–water partition coefficient (Wildman–Crippen LogP) is 2.81. The summed E-state index contributed by atoms with van der Waals surface area (Å²) in [5.74, 6) is 0.676. The van der Waals surface area contributed by atoms with Gasteiger partial charge in [0.05, 0.1) is 21.2 Å². The Balaban J connectivity index is 1.68. The second-order valence-corrected chi connectivity index (χ2v) is 6.69. The number of carbonyl (C=O) groups is 1. The van der Waals surface area contributed by atoms with E-state index in [-0.39, 0.29) is 5.91 Å². The average Bonchev–Trinajstić information content (AvgIpc) is 3.30. The monoisotopic (exact) mass is 347 g/mol. The number of thiazole rings is 1. The van der Waals surface area contributed by atoms with Gasteiger partial charge in [0.25, 0.3) is 5.91 Å². The first-order valence-corrected chi connectivity index (χ1v) is 8.83. The minimum Gasteiger partial charge on any atom is -0.369 e. The van der Waals surface area contributed by atoms with Crippen LogP contribution in [-0.4, -0.2) is 27.0 Å². The number of rotatable bonds is 1. The first-order chi connectivity index (χ1) is 12.3. The molecule has 0 saturated carbocycles. The molecule has 3 heterocycles. The highest BCUT2D eigenvalue weighted by Crippen LogP contribution is 2.23. The van der Waals surface area contributed by atoms with Crippen molar-refractivity contribution in [1.82, 2.24) is 14.5 Å². The molecule has 0 atom stereocenters. The molecule has 0 fully saturated rings. The van der Waals surface area contributed by atoms with Gasteiger partial charge in [0.1, 0.15) is 5.82 Å². The molecule has 0 bridgehead atoms. The molecule has 6 nitrogen and oxygen atoms in total. The molecule has 7 heteroatoms. The molecular formula is C18H13N5OS. The number of anilines is 1. The van der Waals surface area contributed by atoms with Crippen molar-refractivity contribution in [3.63, 3.8) is 0 Å². The summed E-state index contributed by atoms with van der Waals surface area (Å²) >= 11 is 1.51. The maximum absolute atomic E-state index is 12.7. The summed E-state index contributed by atoms with van der Waals surface area (Å²) in [4.78, 5) is 25.8. The largest absolute Gasteiger partial charge is 0.369 e. The Morgan fingerprint density at radius 1 is 1.20 bits per heavy atom. The summed E-state index contributed by atoms with van der Waals surface area (Å²) in [5, 5.41) is 4.40. The molecule has 0 aliphatic carbocycles. The molecule has 1 amide bonds. The fraction of sp³-hybridized carbons (Fsp3) is 0.111. The van der Waals surface area contributed by atoms with E-state index < -0.39 is 0 Å². The van der Waals surface area contributed by atoms with Crippen molar-refractivity contribution in [2.45, 2.75) is 6.54 Å². The molecule has 0 unspecified atom stereocenters. The maximum Gasteiger partial charge on any atom is 0.280 e. The van der Waals surface area contributed by atoms with E-state index in [1.807, 2.05) is 41.0 Å². The number of carbonyl (C=O) groups excluding carboxylic acids is 1. The Morgan fingerprint density at radius 3 is 3.08 bits per heavy atom. The molecule has 0 spiro atoms. The van der Waals surface area contributed by atoms with E-state index in [1.54, 1.807) is 11.6 Å². The zero-order chi connectivity index (χ0) is 16.8. The SMILES string of the molecule is O=C(N=c1nc2ccccc2c2n1CCN2)c1ccc2ncsc2c1. The van der Waals surface area contributed by atoms with Crippen molar-refractivity contribution in [3.05, 3.63) is 59.2 Å². The average molecular weight is 347 g/mol. The lowest BCUT2D eigenvalue weighted by Gasteiger charge is -2.07. The van der Waals surface area contributed by atoms with E-state index in [1.165, 1.54) is 11.3 Å². The molecule has 4 aromatic rings. The van der Waals surface area contributed by atoms with Crippen LogP contribution >= 0.6 is 11.3 Å². The molecule has 1 aliphatic rings. The Kier molecular flexibility index (Phi) is 3.14. The molecule has 0 saturated heterocycles. The number of para-hydroxylation sites is 1. The van der Waals surface area contributed by atoms with Gasteiger partial charge in [-0.15, -0.1) is 11.3 Å². The number of benzene rings is 2. The van der Waals surface area contributed by atoms with E-state index in [2.05, 4.69) is 20.3 Å². The Morgan fingerprint density at radius 2 is 2.12 bits per heavy atom. The summed E-state index contributed by atoms with van der Waals surface area (Å²) in [6.07, 6.45) is 0. The third kappa shape index (κ3) is 2.32. The molecule has 25 heavy (non-hydrogen) atoms. The molecule has 5 rings (SSSR count). The number of nitrogens with one attached hydrogen (secondary N) is 1. The minimum absolute atomic E-state index is 0.292. The zero-order valence-corrected chi connectivity index (χ0v) is 14.0. The first-order valence-electron chi connectivity index (χ1n) is 7.95. The number of aromatic nitrogens is 3. The van der Waals surface area contributed by atoms with Crippen LogP contribution in [-0.2, 0) is 6.54 Å². The van der Waals surface area contributed by atoms with Gasteiger partial charge < -0.3 is 5.32 Å². The molecular weight excluding hydrogens is 334 g/mol. The topological polar surface area (TPSA) is 72.2 Å². The number of amides is 1. The highest BCUT2D eigenvalue weighted by molar-refractivity contribution is 7.16. The van der Waals surface area contributed by atoms with Crippen LogP contribution in [0.15, 0.2) is 53.0 Å². The fourth-order valence-corrected chi connectivity index (χ4v) is 3.82. The van der Waals surface area contributed by atoms with Gasteiger partial charge in [-0.2, -0.15) is 4.99 Å². The second-order valence-electron chi connectivity index (χ2n) is 5.81. The number of hydrogen-bond donors (Lipinski definition) is 1. The van der Waals surface area contributed by atoms with E-state index in [4.69, 9.17) is 0 Å². The quantitative estimate of drug-likeness (QED) is 0.575. The van der Waals surface area contributed by atoms with Crippen LogP contribution in [0.4, 0.5) is 5.82 Å². The van der Waals surface area contributed by atoms with Gasteiger partial charge in [0.15, 0.2) is 0 Å². The van der Waals surface area contributed by atoms with Crippen molar-refractivity contribution < 1.29 is 4.79 Å². The lowest BCUT2D eigenvalue weighted by Crippen LogP contribution is -2.24. The van der Waals surface area contributed by atoms with Crippen LogP contribution < -0.4 is 10.9 Å². The van der Waals surface area contributed by atoms with Crippen molar-refractivity contribution >= 4 is 44.2 Å². The van der Waals surface area contributed by atoms with Crippen LogP contribution in [0.25, 0.3) is 21.1 Å². The van der Waals surface area contributed by atoms with Gasteiger partial charge in [-0.3, -0.25) is 9.36 Å². The second kappa shape index (κ2) is 5.49. The summed E-state index contributed by atoms with van der Waals surface area (Å²) in [6.45, 7) is 1.55. The van der Waals surface area contributed by atoms with E-state index in [0.717, 1.165) is 40.0 Å². The maximum atomic E-state index is 12.7. The lowest BCUT2D eigenvalue weighted by atomic mass is 10.2. The third-order valence-electron chi connectivity index (χ3n) is 4.30. The minimum atomic E-state index is -0.292. The van der Waals surface area contributed by atoms with Crippen molar-refractivity contribution in [3.8, 4) is 0 Å². The Labute approximate surface area is 146 Å². The van der Waals surface area contributed by atoms with Gasteiger partial charge in [0.2, 0.25) is 5.62 Å². The predicted molar refractivity (Wildman–Crippen MR) is 97.7 cm³/mol. The van der Waals surface area contributed by atoms with Crippen LogP contribution in [0.3, 0.4) is 0 Å². The van der Waals surface area contributed by atoms with E-state index in [0.29, 0.717) is 11.2 Å². The molecule has 1 aliphatic heterocycles. The summed E-state index contributed by atoms with van der Waals surface area (Å²) in [6, 6.07) is 13.3. The van der Waals surface area contributed by atoms with Gasteiger partial charge in [-0.1, -0.05) is 12.1 Å². The zero-order valence-electron chi connectivity index (χ0n) is 13.1. The highest BCUT2D eigenvalue weighted by atomic mass is 32.1. The van der Waals surface area contributed by atoms with Gasteiger partial charge in [-0.05, 0) is 30.3 Å². The standard InChI is InChI=1S/C18H13N5OS/c24-17(11-5-6-14-15(9-11)25-10-20-14)22-18-21-13-4-2-1-3-12(13)16-19-7-8-23(16)18/h1-6,9-10,19H,7-8H2. The van der Waals surface area contributed by atoms with Crippen LogP contribution in [0.2, 0.25) is 0 Å². The van der Waals surface area contributed by atoms with Crippen LogP contribution in [0, 0.1) is 0 Å². The van der Waals surface area contributed by atoms with Gasteiger partial charge >= 0.3 is 0 Å².